The monoisotopic (exact) mass is 545 g/mol. The Balaban J connectivity index is 1.27. The lowest BCUT2D eigenvalue weighted by atomic mass is 9.57. The van der Waals surface area contributed by atoms with E-state index in [9.17, 15) is 9.18 Å². The van der Waals surface area contributed by atoms with Gasteiger partial charge in [-0.25, -0.2) is 4.39 Å². The van der Waals surface area contributed by atoms with Crippen LogP contribution in [0, 0.1) is 28.0 Å². The molecule has 1 heterocycles. The molecule has 0 bridgehead atoms. The number of carbonyl (C=O) groups excluding carboxylic acids is 1. The van der Waals surface area contributed by atoms with Crippen molar-refractivity contribution in [1.82, 2.24) is 0 Å². The normalized spacial score (nSPS) is 31.6. The number of Topliss-reactive ketones (excluding diaryl/α,β-unsaturated/α-hetero) is 1. The zero-order valence-electron chi connectivity index (χ0n) is 25.8. The average Bonchev–Trinajstić information content (AvgIpc) is 3.11. The predicted octanol–water partition coefficient (Wildman–Crippen LogP) is 9.19. The Bertz CT molecular complexity index is 1300. The highest BCUT2D eigenvalue weighted by Crippen LogP contribution is 2.54. The van der Waals surface area contributed by atoms with Crippen molar-refractivity contribution in [3.8, 4) is 16.9 Å². The van der Waals surface area contributed by atoms with Gasteiger partial charge in [-0.05, 0) is 107 Å². The molecule has 2 aromatic carbocycles. The van der Waals surface area contributed by atoms with Crippen LogP contribution in [0.15, 0.2) is 41.4 Å². The summed E-state index contributed by atoms with van der Waals surface area (Å²) in [6, 6.07) is 11.2. The Morgan fingerprint density at radius 3 is 2.25 bits per heavy atom. The van der Waals surface area contributed by atoms with Gasteiger partial charge in [0.05, 0.1) is 0 Å². The van der Waals surface area contributed by atoms with E-state index in [1.165, 1.54) is 41.8 Å². The van der Waals surface area contributed by atoms with Gasteiger partial charge in [0.1, 0.15) is 23.0 Å². The number of ether oxygens (including phenoxy) is 1. The minimum absolute atomic E-state index is 0.0932. The molecule has 0 N–H and O–H groups in total. The second-order valence-electron chi connectivity index (χ2n) is 14.8. The first-order chi connectivity index (χ1) is 18.7. The molecule has 216 valence electrons. The summed E-state index contributed by atoms with van der Waals surface area (Å²) in [4.78, 5) is 17.2. The molecule has 4 heteroatoms. The molecule has 2 saturated carbocycles. The predicted molar refractivity (Wildman–Crippen MR) is 163 cm³/mol. The van der Waals surface area contributed by atoms with Crippen molar-refractivity contribution in [2.75, 3.05) is 7.05 Å². The standard InChI is InChI=1S/C36H48FNO2/c1-24(39)35(5)15-8-16-36(6,18-17-35)31(38-7)23-34(4)20-25(21-34)19-27-11-14-29(26-9-12-28(37)13-10-26)32-30(27)22-33(2,3)40-32/h9-14,25H,8,15-23H2,1-7H3. The number of halogens is 1. The van der Waals surface area contributed by atoms with Gasteiger partial charge in [0.2, 0.25) is 0 Å². The first kappa shape index (κ1) is 29.0. The van der Waals surface area contributed by atoms with E-state index in [2.05, 4.69) is 46.8 Å². The fourth-order valence-electron chi connectivity index (χ4n) is 7.98. The molecule has 0 aromatic heterocycles. The van der Waals surface area contributed by atoms with Crippen LogP contribution < -0.4 is 4.74 Å². The molecule has 0 spiro atoms. The molecule has 2 fully saturated rings. The SMILES string of the molecule is CN=C(CC1(C)CC(Cc2ccc(-c3ccc(F)cc3)c3c2CC(C)(C)O3)C1)C1(C)CCCC(C)(C(C)=O)CC1. The van der Waals surface area contributed by atoms with E-state index in [0.717, 1.165) is 68.2 Å². The van der Waals surface area contributed by atoms with Crippen molar-refractivity contribution in [1.29, 1.82) is 0 Å². The molecule has 0 radical (unpaired) electrons. The highest BCUT2D eigenvalue weighted by molar-refractivity contribution is 5.91. The van der Waals surface area contributed by atoms with E-state index in [-0.39, 0.29) is 27.7 Å². The van der Waals surface area contributed by atoms with Crippen LogP contribution in [0.5, 0.6) is 5.75 Å². The van der Waals surface area contributed by atoms with Gasteiger partial charge in [-0.3, -0.25) is 9.79 Å². The van der Waals surface area contributed by atoms with Crippen LogP contribution in [0.4, 0.5) is 4.39 Å². The number of hydrogen-bond donors (Lipinski definition) is 0. The van der Waals surface area contributed by atoms with E-state index in [4.69, 9.17) is 9.73 Å². The zero-order chi connectivity index (χ0) is 28.9. The van der Waals surface area contributed by atoms with Gasteiger partial charge < -0.3 is 4.74 Å². The van der Waals surface area contributed by atoms with Crippen molar-refractivity contribution in [3.05, 3.63) is 53.3 Å². The average molecular weight is 546 g/mol. The smallest absolute Gasteiger partial charge is 0.135 e. The van der Waals surface area contributed by atoms with E-state index < -0.39 is 0 Å². The Morgan fingerprint density at radius 1 is 0.950 bits per heavy atom. The summed E-state index contributed by atoms with van der Waals surface area (Å²) in [6.07, 6.45) is 10.7. The summed E-state index contributed by atoms with van der Waals surface area (Å²) in [6.45, 7) is 13.1. The number of hydrogen-bond acceptors (Lipinski definition) is 3. The summed E-state index contributed by atoms with van der Waals surface area (Å²) < 4.78 is 20.0. The van der Waals surface area contributed by atoms with Gasteiger partial charge in [0, 0.05) is 41.1 Å². The largest absolute Gasteiger partial charge is 0.487 e. The third kappa shape index (κ3) is 5.65. The third-order valence-electron chi connectivity index (χ3n) is 10.7. The van der Waals surface area contributed by atoms with Crippen LogP contribution in [0.1, 0.15) is 104 Å². The van der Waals surface area contributed by atoms with Crippen molar-refractivity contribution in [3.63, 3.8) is 0 Å². The molecule has 2 atom stereocenters. The molecule has 5 rings (SSSR count). The lowest BCUT2D eigenvalue weighted by Crippen LogP contribution is -2.41. The van der Waals surface area contributed by atoms with Crippen LogP contribution in [0.3, 0.4) is 0 Å². The van der Waals surface area contributed by atoms with Crippen LogP contribution >= 0.6 is 0 Å². The second-order valence-corrected chi connectivity index (χ2v) is 14.8. The lowest BCUT2D eigenvalue weighted by Gasteiger charge is -2.48. The zero-order valence-corrected chi connectivity index (χ0v) is 25.8. The number of fused-ring (bicyclic) bond motifs is 1. The Labute approximate surface area is 241 Å². The summed E-state index contributed by atoms with van der Waals surface area (Å²) in [7, 11) is 1.98. The summed E-state index contributed by atoms with van der Waals surface area (Å²) >= 11 is 0. The maximum atomic E-state index is 13.6. The van der Waals surface area contributed by atoms with E-state index in [0.29, 0.717) is 11.7 Å². The van der Waals surface area contributed by atoms with Crippen molar-refractivity contribution >= 4 is 11.5 Å². The number of ketones is 1. The van der Waals surface area contributed by atoms with E-state index >= 15 is 0 Å². The van der Waals surface area contributed by atoms with Gasteiger partial charge >= 0.3 is 0 Å². The second kappa shape index (κ2) is 10.4. The highest BCUT2D eigenvalue weighted by atomic mass is 19.1. The number of nitrogens with zero attached hydrogens (tertiary/aromatic N) is 1. The van der Waals surface area contributed by atoms with Crippen LogP contribution in [0.25, 0.3) is 11.1 Å². The number of rotatable bonds is 7. The fourth-order valence-corrected chi connectivity index (χ4v) is 7.98. The van der Waals surface area contributed by atoms with Gasteiger partial charge in [-0.1, -0.05) is 51.5 Å². The summed E-state index contributed by atoms with van der Waals surface area (Å²) in [5.74, 6) is 1.77. The fraction of sp³-hybridized carbons (Fsp3) is 0.611. The van der Waals surface area contributed by atoms with E-state index in [1.807, 2.05) is 19.2 Å². The van der Waals surface area contributed by atoms with Crippen LogP contribution in [-0.4, -0.2) is 24.1 Å². The molecule has 3 nitrogen and oxygen atoms in total. The molecule has 2 aliphatic carbocycles. The summed E-state index contributed by atoms with van der Waals surface area (Å²) in [5.41, 5.74) is 6.12. The quantitative estimate of drug-likeness (QED) is 0.257. The van der Waals surface area contributed by atoms with Gasteiger partial charge in [-0.2, -0.15) is 0 Å². The maximum Gasteiger partial charge on any atom is 0.135 e. The molecule has 40 heavy (non-hydrogen) atoms. The number of carbonyl (C=O) groups is 1. The Hall–Kier alpha value is -2.49. The Kier molecular flexibility index (Phi) is 7.55. The topological polar surface area (TPSA) is 38.7 Å². The van der Waals surface area contributed by atoms with Gasteiger partial charge in [0.25, 0.3) is 0 Å². The van der Waals surface area contributed by atoms with Gasteiger partial charge in [0.15, 0.2) is 0 Å². The molecule has 0 amide bonds. The van der Waals surface area contributed by atoms with E-state index in [1.54, 1.807) is 6.92 Å². The van der Waals surface area contributed by atoms with Crippen molar-refractivity contribution in [2.45, 2.75) is 111 Å². The minimum Gasteiger partial charge on any atom is -0.487 e. The van der Waals surface area contributed by atoms with Crippen molar-refractivity contribution in [2.24, 2.45) is 27.2 Å². The highest BCUT2D eigenvalue weighted by Gasteiger charge is 2.46. The maximum absolute atomic E-state index is 13.6. The molecular weight excluding hydrogens is 497 g/mol. The molecule has 2 unspecified atom stereocenters. The number of benzene rings is 2. The van der Waals surface area contributed by atoms with Gasteiger partial charge in [-0.15, -0.1) is 0 Å². The first-order valence-electron chi connectivity index (χ1n) is 15.3. The number of aliphatic imine (C=N–C) groups is 1. The van der Waals surface area contributed by atoms with Crippen LogP contribution in [0.2, 0.25) is 0 Å². The lowest BCUT2D eigenvalue weighted by molar-refractivity contribution is -0.126. The molecule has 2 aromatic rings. The summed E-state index contributed by atoms with van der Waals surface area (Å²) in [5, 5.41) is 0. The molecular formula is C36H48FNO2. The molecule has 0 saturated heterocycles. The minimum atomic E-state index is -0.236. The molecule has 3 aliphatic rings. The third-order valence-corrected chi connectivity index (χ3v) is 10.7. The Morgan fingerprint density at radius 2 is 1.60 bits per heavy atom. The van der Waals surface area contributed by atoms with Crippen LogP contribution in [-0.2, 0) is 17.6 Å². The molecule has 1 aliphatic heterocycles. The first-order valence-corrected chi connectivity index (χ1v) is 15.3. The van der Waals surface area contributed by atoms with Crippen molar-refractivity contribution < 1.29 is 13.9 Å².